The summed E-state index contributed by atoms with van der Waals surface area (Å²) in [5, 5.41) is 5.24. The van der Waals surface area contributed by atoms with Crippen molar-refractivity contribution in [1.82, 2.24) is 10.2 Å². The molecule has 0 saturated carbocycles. The number of rotatable bonds is 8. The first-order chi connectivity index (χ1) is 14.2. The van der Waals surface area contributed by atoms with E-state index in [1.165, 1.54) is 6.92 Å². The van der Waals surface area contributed by atoms with Gasteiger partial charge in [-0.2, -0.15) is 0 Å². The maximum atomic E-state index is 12.6. The average molecular weight is 419 g/mol. The summed E-state index contributed by atoms with van der Waals surface area (Å²) in [6.07, 6.45) is 0.984. The molecule has 162 valence electrons. The van der Waals surface area contributed by atoms with E-state index in [0.29, 0.717) is 23.6 Å². The third-order valence-corrected chi connectivity index (χ3v) is 4.98. The molecule has 0 spiro atoms. The molecule has 2 aliphatic rings. The summed E-state index contributed by atoms with van der Waals surface area (Å²) < 4.78 is 15.6. The summed E-state index contributed by atoms with van der Waals surface area (Å²) in [4.78, 5) is 50.1. The number of hydrogen-bond donors (Lipinski definition) is 2. The molecular formula is C20H25N3O7. The van der Waals surface area contributed by atoms with Crippen molar-refractivity contribution in [2.24, 2.45) is 0 Å². The van der Waals surface area contributed by atoms with Crippen LogP contribution in [0.5, 0.6) is 11.5 Å². The number of nitrogens with one attached hydrogen (secondary N) is 2. The molecule has 10 heteroatoms. The number of ether oxygens (including phenoxy) is 3. The molecule has 10 nitrogen and oxygen atoms in total. The van der Waals surface area contributed by atoms with Crippen LogP contribution >= 0.6 is 0 Å². The van der Waals surface area contributed by atoms with Crippen LogP contribution in [0.2, 0.25) is 0 Å². The number of fused-ring (bicyclic) bond motifs is 1. The Bertz CT molecular complexity index is 872. The lowest BCUT2D eigenvalue weighted by Crippen LogP contribution is -2.44. The van der Waals surface area contributed by atoms with Crippen molar-refractivity contribution >= 4 is 29.5 Å². The van der Waals surface area contributed by atoms with Crippen LogP contribution in [0.25, 0.3) is 0 Å². The first kappa shape index (κ1) is 21.4. The highest BCUT2D eigenvalue weighted by Crippen LogP contribution is 2.34. The average Bonchev–Trinajstić information content (AvgIpc) is 3.24. The quantitative estimate of drug-likeness (QED) is 0.486. The smallest absolute Gasteiger partial charge is 0.327 e. The molecule has 2 aliphatic heterocycles. The van der Waals surface area contributed by atoms with Crippen molar-refractivity contribution < 1.29 is 33.4 Å². The maximum absolute atomic E-state index is 12.6. The lowest BCUT2D eigenvalue weighted by molar-refractivity contribution is -0.155. The second kappa shape index (κ2) is 8.60. The molecular weight excluding hydrogens is 394 g/mol. The Morgan fingerprint density at radius 3 is 2.77 bits per heavy atom. The van der Waals surface area contributed by atoms with Gasteiger partial charge in [-0.3, -0.25) is 19.3 Å². The third-order valence-electron chi connectivity index (χ3n) is 4.98. The number of carbonyl (C=O) groups excluding carboxylic acids is 4. The minimum absolute atomic E-state index is 0.112. The number of urea groups is 1. The van der Waals surface area contributed by atoms with Gasteiger partial charge < -0.3 is 24.8 Å². The Balaban J connectivity index is 1.53. The van der Waals surface area contributed by atoms with Crippen LogP contribution in [0, 0.1) is 0 Å². The zero-order chi connectivity index (χ0) is 21.9. The first-order valence-corrected chi connectivity index (χ1v) is 9.77. The Kier molecular flexibility index (Phi) is 6.14. The normalized spacial score (nSPS) is 20.7. The molecule has 2 heterocycles. The molecule has 2 N–H and O–H groups in total. The number of hydrogen-bond acceptors (Lipinski definition) is 7. The summed E-state index contributed by atoms with van der Waals surface area (Å²) in [7, 11) is 0. The van der Waals surface area contributed by atoms with E-state index in [2.05, 4.69) is 10.6 Å². The van der Waals surface area contributed by atoms with E-state index in [9.17, 15) is 19.2 Å². The fourth-order valence-corrected chi connectivity index (χ4v) is 3.23. The zero-order valence-electron chi connectivity index (χ0n) is 17.1. The molecule has 3 rings (SSSR count). The molecule has 0 radical (unpaired) electrons. The number of nitrogens with zero attached hydrogens (tertiary/aromatic N) is 1. The summed E-state index contributed by atoms with van der Waals surface area (Å²) in [5.74, 6) is -0.816. The summed E-state index contributed by atoms with van der Waals surface area (Å²) in [5.41, 5.74) is -0.580. The number of imide groups is 1. The predicted molar refractivity (Wildman–Crippen MR) is 105 cm³/mol. The maximum Gasteiger partial charge on any atom is 0.327 e. The fraction of sp³-hybridized carbons (Fsp3) is 0.500. The molecule has 1 aromatic rings. The van der Waals surface area contributed by atoms with Gasteiger partial charge in [-0.05, 0) is 32.4 Å². The van der Waals surface area contributed by atoms with Gasteiger partial charge in [0.05, 0.1) is 0 Å². The van der Waals surface area contributed by atoms with E-state index < -0.39 is 42.0 Å². The topological polar surface area (TPSA) is 123 Å². The minimum Gasteiger partial charge on any atom is -0.454 e. The van der Waals surface area contributed by atoms with Crippen LogP contribution in [0.15, 0.2) is 18.2 Å². The molecule has 30 heavy (non-hydrogen) atoms. The monoisotopic (exact) mass is 419 g/mol. The van der Waals surface area contributed by atoms with Gasteiger partial charge in [0.15, 0.2) is 17.6 Å². The molecule has 1 aromatic carbocycles. The lowest BCUT2D eigenvalue weighted by atomic mass is 9.95. The highest BCUT2D eigenvalue weighted by atomic mass is 16.7. The second-order valence-electron chi connectivity index (χ2n) is 7.45. The van der Waals surface area contributed by atoms with Crippen LogP contribution in [0.3, 0.4) is 0 Å². The Morgan fingerprint density at radius 1 is 1.30 bits per heavy atom. The number of esters is 1. The first-order valence-electron chi connectivity index (χ1n) is 9.77. The minimum atomic E-state index is -1.13. The number of anilines is 1. The van der Waals surface area contributed by atoms with Gasteiger partial charge in [0.2, 0.25) is 6.79 Å². The number of benzene rings is 1. The van der Waals surface area contributed by atoms with Crippen molar-refractivity contribution in [2.75, 3.05) is 18.7 Å². The predicted octanol–water partition coefficient (Wildman–Crippen LogP) is 1.79. The Labute approximate surface area is 173 Å². The second-order valence-corrected chi connectivity index (χ2v) is 7.45. The van der Waals surface area contributed by atoms with E-state index in [1.54, 1.807) is 25.1 Å². The van der Waals surface area contributed by atoms with Crippen LogP contribution in [-0.2, 0) is 19.1 Å². The summed E-state index contributed by atoms with van der Waals surface area (Å²) in [6, 6.07) is 4.23. The van der Waals surface area contributed by atoms with Crippen molar-refractivity contribution in [3.8, 4) is 11.5 Å². The number of amides is 4. The Morgan fingerprint density at radius 2 is 2.03 bits per heavy atom. The van der Waals surface area contributed by atoms with Gasteiger partial charge >= 0.3 is 12.0 Å². The molecule has 0 unspecified atom stereocenters. The van der Waals surface area contributed by atoms with Crippen LogP contribution in [0.4, 0.5) is 10.5 Å². The van der Waals surface area contributed by atoms with Crippen LogP contribution in [0.1, 0.15) is 40.0 Å². The van der Waals surface area contributed by atoms with Crippen molar-refractivity contribution in [3.05, 3.63) is 18.2 Å². The molecule has 1 saturated heterocycles. The van der Waals surface area contributed by atoms with E-state index >= 15 is 0 Å². The molecule has 0 aromatic heterocycles. The van der Waals surface area contributed by atoms with Gasteiger partial charge in [0, 0.05) is 11.8 Å². The standard InChI is InChI=1S/C20H25N3O7/c1-4-5-8-20(3)18(26)23(19(27)22-20)10-16(24)30-12(2)17(25)21-13-6-7-14-15(9-13)29-11-28-14/h6-7,9,12H,4-5,8,10-11H2,1-3H3,(H,21,25)(H,22,27)/t12-,20+/m1/s1. The Hall–Kier alpha value is -3.30. The van der Waals surface area contributed by atoms with E-state index in [1.807, 2.05) is 6.92 Å². The van der Waals surface area contributed by atoms with Gasteiger partial charge in [0.1, 0.15) is 12.1 Å². The zero-order valence-corrected chi connectivity index (χ0v) is 17.1. The van der Waals surface area contributed by atoms with Crippen molar-refractivity contribution in [2.45, 2.75) is 51.7 Å². The molecule has 1 fully saturated rings. The summed E-state index contributed by atoms with van der Waals surface area (Å²) >= 11 is 0. The number of carbonyl (C=O) groups is 4. The largest absolute Gasteiger partial charge is 0.454 e. The summed E-state index contributed by atoms with van der Waals surface area (Å²) in [6.45, 7) is 4.57. The van der Waals surface area contributed by atoms with Gasteiger partial charge in [-0.25, -0.2) is 4.79 Å². The van der Waals surface area contributed by atoms with Crippen LogP contribution in [-0.4, -0.2) is 53.7 Å². The van der Waals surface area contributed by atoms with Gasteiger partial charge in [0.25, 0.3) is 11.8 Å². The SMILES string of the molecule is CCCC[C@]1(C)NC(=O)N(CC(=O)O[C@H](C)C(=O)Nc2ccc3c(c2)OCO3)C1=O. The third kappa shape index (κ3) is 4.47. The van der Waals surface area contributed by atoms with Gasteiger partial charge in [-0.1, -0.05) is 19.8 Å². The molecule has 4 amide bonds. The van der Waals surface area contributed by atoms with Gasteiger partial charge in [-0.15, -0.1) is 0 Å². The molecule has 2 atom stereocenters. The van der Waals surface area contributed by atoms with Crippen LogP contribution < -0.4 is 20.1 Å². The lowest BCUT2D eigenvalue weighted by Gasteiger charge is -2.21. The van der Waals surface area contributed by atoms with E-state index in [4.69, 9.17) is 14.2 Å². The molecule has 0 aliphatic carbocycles. The van der Waals surface area contributed by atoms with E-state index in [-0.39, 0.29) is 6.79 Å². The number of unbranched alkanes of at least 4 members (excludes halogenated alkanes) is 1. The fourth-order valence-electron chi connectivity index (χ4n) is 3.23. The highest BCUT2D eigenvalue weighted by molar-refractivity contribution is 6.08. The highest BCUT2D eigenvalue weighted by Gasteiger charge is 2.48. The molecule has 0 bridgehead atoms. The van der Waals surface area contributed by atoms with Crippen molar-refractivity contribution in [1.29, 1.82) is 0 Å². The van der Waals surface area contributed by atoms with E-state index in [0.717, 1.165) is 17.7 Å². The van der Waals surface area contributed by atoms with Crippen molar-refractivity contribution in [3.63, 3.8) is 0 Å².